The topological polar surface area (TPSA) is 66.7 Å². The van der Waals surface area contributed by atoms with Crippen LogP contribution in [0.25, 0.3) is 0 Å². The molecule has 1 aliphatic rings. The Bertz CT molecular complexity index is 494. The van der Waals surface area contributed by atoms with E-state index in [2.05, 4.69) is 45.9 Å². The van der Waals surface area contributed by atoms with Gasteiger partial charge in [-0.2, -0.15) is 0 Å². The average Bonchev–Trinajstić information content (AvgIpc) is 3.09. The first-order valence-electron chi connectivity index (χ1n) is 9.49. The van der Waals surface area contributed by atoms with Gasteiger partial charge in [-0.1, -0.05) is 13.8 Å². The number of aliphatic imine (C=N–C) groups is 1. The molecule has 0 spiro atoms. The maximum absolute atomic E-state index is 5.88. The van der Waals surface area contributed by atoms with Crippen LogP contribution in [0.3, 0.4) is 0 Å². The molecular formula is C18H35IN6O. The molecule has 2 rings (SSSR count). The fourth-order valence-corrected chi connectivity index (χ4v) is 3.00. The van der Waals surface area contributed by atoms with Crippen LogP contribution in [0.15, 0.2) is 23.7 Å². The molecule has 1 saturated heterocycles. The van der Waals surface area contributed by atoms with Crippen LogP contribution < -0.4 is 10.6 Å². The number of hydrogen-bond donors (Lipinski definition) is 2. The van der Waals surface area contributed by atoms with Crippen molar-refractivity contribution in [3.8, 4) is 0 Å². The third kappa shape index (κ3) is 9.18. The summed E-state index contributed by atoms with van der Waals surface area (Å²) in [6, 6.07) is 0. The van der Waals surface area contributed by atoms with Gasteiger partial charge in [0.2, 0.25) is 0 Å². The third-order valence-corrected chi connectivity index (χ3v) is 4.09. The summed E-state index contributed by atoms with van der Waals surface area (Å²) in [5, 5.41) is 6.71. The standard InChI is InChI=1S/C18H34N6O.HI/c1-4-20-18(21-6-5-8-23-9-7-19-15-23)22-12-17-14-24(10-11-25-17)13-16(2)3;/h7,9,15-17H,4-6,8,10-14H2,1-3H3,(H2,20,21,22);1H. The molecule has 0 aliphatic carbocycles. The molecule has 2 heterocycles. The summed E-state index contributed by atoms with van der Waals surface area (Å²) in [5.41, 5.74) is 0. The number of hydrogen-bond acceptors (Lipinski definition) is 4. The summed E-state index contributed by atoms with van der Waals surface area (Å²) in [7, 11) is 0. The highest BCUT2D eigenvalue weighted by Crippen LogP contribution is 2.08. The van der Waals surface area contributed by atoms with Crippen molar-refractivity contribution in [1.82, 2.24) is 25.1 Å². The second-order valence-electron chi connectivity index (χ2n) is 6.95. The molecule has 0 amide bonds. The SMILES string of the molecule is CCNC(=NCC1CN(CC(C)C)CCO1)NCCCn1ccnc1.I. The summed E-state index contributed by atoms with van der Waals surface area (Å²) in [5.74, 6) is 1.56. The molecule has 8 heteroatoms. The molecule has 1 fully saturated rings. The van der Waals surface area contributed by atoms with E-state index in [-0.39, 0.29) is 30.1 Å². The van der Waals surface area contributed by atoms with Gasteiger partial charge in [-0.15, -0.1) is 24.0 Å². The largest absolute Gasteiger partial charge is 0.374 e. The van der Waals surface area contributed by atoms with Crippen LogP contribution >= 0.6 is 24.0 Å². The lowest BCUT2D eigenvalue weighted by Gasteiger charge is -2.33. The Morgan fingerprint density at radius 2 is 2.23 bits per heavy atom. The van der Waals surface area contributed by atoms with Crippen LogP contribution in [0.4, 0.5) is 0 Å². The third-order valence-electron chi connectivity index (χ3n) is 4.09. The van der Waals surface area contributed by atoms with Crippen molar-refractivity contribution in [2.75, 3.05) is 45.9 Å². The van der Waals surface area contributed by atoms with Crippen LogP contribution in [-0.4, -0.2) is 72.4 Å². The molecule has 0 radical (unpaired) electrons. The maximum Gasteiger partial charge on any atom is 0.191 e. The van der Waals surface area contributed by atoms with Gasteiger partial charge in [-0.05, 0) is 19.3 Å². The van der Waals surface area contributed by atoms with Crippen molar-refractivity contribution in [2.45, 2.75) is 39.8 Å². The number of aryl methyl sites for hydroxylation is 1. The Balaban J connectivity index is 0.00000338. The maximum atomic E-state index is 5.88. The summed E-state index contributed by atoms with van der Waals surface area (Å²) in [4.78, 5) is 11.3. The van der Waals surface area contributed by atoms with E-state index in [0.717, 1.165) is 58.3 Å². The molecule has 1 unspecified atom stereocenters. The predicted octanol–water partition coefficient (Wildman–Crippen LogP) is 1.80. The first-order chi connectivity index (χ1) is 12.2. The molecule has 0 aromatic carbocycles. The molecule has 1 aromatic heterocycles. The lowest BCUT2D eigenvalue weighted by Crippen LogP contribution is -2.46. The Labute approximate surface area is 175 Å². The Morgan fingerprint density at radius 3 is 2.92 bits per heavy atom. The van der Waals surface area contributed by atoms with Crippen LogP contribution in [0.1, 0.15) is 27.2 Å². The normalized spacial score (nSPS) is 18.6. The zero-order valence-electron chi connectivity index (χ0n) is 16.4. The minimum absolute atomic E-state index is 0. The second kappa shape index (κ2) is 13.3. The van der Waals surface area contributed by atoms with E-state index >= 15 is 0 Å². The average molecular weight is 478 g/mol. The summed E-state index contributed by atoms with van der Waals surface area (Å²) in [6.45, 7) is 14.0. The van der Waals surface area contributed by atoms with Gasteiger partial charge >= 0.3 is 0 Å². The van der Waals surface area contributed by atoms with Gasteiger partial charge in [0, 0.05) is 51.7 Å². The molecule has 1 atom stereocenters. The fourth-order valence-electron chi connectivity index (χ4n) is 3.00. The zero-order chi connectivity index (χ0) is 17.9. The zero-order valence-corrected chi connectivity index (χ0v) is 18.7. The Morgan fingerprint density at radius 1 is 1.38 bits per heavy atom. The first kappa shape index (κ1) is 23.2. The van der Waals surface area contributed by atoms with Crippen LogP contribution in [0.5, 0.6) is 0 Å². The molecule has 0 saturated carbocycles. The van der Waals surface area contributed by atoms with E-state index in [9.17, 15) is 0 Å². The molecule has 26 heavy (non-hydrogen) atoms. The van der Waals surface area contributed by atoms with Crippen molar-refractivity contribution in [3.63, 3.8) is 0 Å². The van der Waals surface area contributed by atoms with E-state index in [4.69, 9.17) is 9.73 Å². The van der Waals surface area contributed by atoms with Crippen molar-refractivity contribution < 1.29 is 4.74 Å². The number of aromatic nitrogens is 2. The Kier molecular flexibility index (Phi) is 11.9. The molecule has 150 valence electrons. The van der Waals surface area contributed by atoms with Crippen molar-refractivity contribution in [3.05, 3.63) is 18.7 Å². The quantitative estimate of drug-likeness (QED) is 0.245. The van der Waals surface area contributed by atoms with Gasteiger partial charge in [-0.3, -0.25) is 9.89 Å². The van der Waals surface area contributed by atoms with Gasteiger partial charge in [0.25, 0.3) is 0 Å². The highest BCUT2D eigenvalue weighted by molar-refractivity contribution is 14.0. The van der Waals surface area contributed by atoms with E-state index in [1.54, 1.807) is 0 Å². The summed E-state index contributed by atoms with van der Waals surface area (Å²) >= 11 is 0. The fraction of sp³-hybridized carbons (Fsp3) is 0.778. The number of imidazole rings is 1. The van der Waals surface area contributed by atoms with Crippen LogP contribution in [-0.2, 0) is 11.3 Å². The van der Waals surface area contributed by atoms with E-state index in [0.29, 0.717) is 12.5 Å². The predicted molar refractivity (Wildman–Crippen MR) is 117 cm³/mol. The lowest BCUT2D eigenvalue weighted by atomic mass is 10.2. The number of rotatable bonds is 9. The van der Waals surface area contributed by atoms with Crippen molar-refractivity contribution in [1.29, 1.82) is 0 Å². The molecule has 1 aromatic rings. The smallest absolute Gasteiger partial charge is 0.191 e. The van der Waals surface area contributed by atoms with E-state index in [1.807, 2.05) is 18.7 Å². The van der Waals surface area contributed by atoms with Crippen molar-refractivity contribution >= 4 is 29.9 Å². The number of nitrogens with zero attached hydrogens (tertiary/aromatic N) is 4. The van der Waals surface area contributed by atoms with Crippen molar-refractivity contribution in [2.24, 2.45) is 10.9 Å². The minimum atomic E-state index is 0. The molecule has 1 aliphatic heterocycles. The van der Waals surface area contributed by atoms with Gasteiger partial charge in [0.1, 0.15) is 0 Å². The summed E-state index contributed by atoms with van der Waals surface area (Å²) < 4.78 is 7.97. The van der Waals surface area contributed by atoms with Crippen LogP contribution in [0.2, 0.25) is 0 Å². The lowest BCUT2D eigenvalue weighted by molar-refractivity contribution is -0.0261. The monoisotopic (exact) mass is 478 g/mol. The van der Waals surface area contributed by atoms with E-state index in [1.165, 1.54) is 0 Å². The van der Waals surface area contributed by atoms with Gasteiger partial charge in [0.15, 0.2) is 5.96 Å². The highest BCUT2D eigenvalue weighted by atomic mass is 127. The molecule has 0 bridgehead atoms. The number of morpholine rings is 1. The highest BCUT2D eigenvalue weighted by Gasteiger charge is 2.20. The second-order valence-corrected chi connectivity index (χ2v) is 6.95. The molecular weight excluding hydrogens is 443 g/mol. The number of guanidine groups is 1. The van der Waals surface area contributed by atoms with Gasteiger partial charge in [0.05, 0.1) is 25.6 Å². The first-order valence-corrected chi connectivity index (χ1v) is 9.49. The van der Waals surface area contributed by atoms with E-state index < -0.39 is 0 Å². The van der Waals surface area contributed by atoms with Crippen LogP contribution in [0, 0.1) is 5.92 Å². The van der Waals surface area contributed by atoms with Gasteiger partial charge in [-0.25, -0.2) is 4.98 Å². The number of ether oxygens (including phenoxy) is 1. The number of nitrogens with one attached hydrogen (secondary N) is 2. The van der Waals surface area contributed by atoms with Gasteiger partial charge < -0.3 is 19.9 Å². The number of halogens is 1. The molecule has 7 nitrogen and oxygen atoms in total. The minimum Gasteiger partial charge on any atom is -0.374 e. The summed E-state index contributed by atoms with van der Waals surface area (Å²) in [6.07, 6.45) is 6.87. The molecule has 2 N–H and O–H groups in total. The Hall–Kier alpha value is -0.870.